The summed E-state index contributed by atoms with van der Waals surface area (Å²) in [6.07, 6.45) is -0.597. The minimum absolute atomic E-state index is 0.0969. The van der Waals surface area contributed by atoms with E-state index in [0.717, 1.165) is 6.07 Å². The highest BCUT2D eigenvalue weighted by Gasteiger charge is 2.12. The molecule has 1 N–H and O–H groups in total. The molecule has 0 saturated carbocycles. The normalized spacial score (nSPS) is 11.9. The van der Waals surface area contributed by atoms with Crippen LogP contribution in [0.5, 0.6) is 11.5 Å². The molecule has 0 amide bonds. The SMILES string of the molecule is C[C@@H](O)c1ccc(Oc2ccc([N+](=O)[O-])cc2F)cc1. The first-order valence-electron chi connectivity index (χ1n) is 5.87. The summed E-state index contributed by atoms with van der Waals surface area (Å²) in [7, 11) is 0. The molecule has 0 aliphatic heterocycles. The number of rotatable bonds is 4. The van der Waals surface area contributed by atoms with E-state index in [1.165, 1.54) is 12.1 Å². The third-order valence-corrected chi connectivity index (χ3v) is 2.72. The molecule has 0 radical (unpaired) electrons. The molecule has 5 nitrogen and oxygen atoms in total. The Morgan fingerprint density at radius 1 is 1.25 bits per heavy atom. The van der Waals surface area contributed by atoms with Crippen LogP contribution in [0.2, 0.25) is 0 Å². The number of hydrogen-bond acceptors (Lipinski definition) is 4. The lowest BCUT2D eigenvalue weighted by Gasteiger charge is -2.08. The summed E-state index contributed by atoms with van der Waals surface area (Å²) in [4.78, 5) is 9.82. The number of non-ortho nitro benzene ring substituents is 1. The Labute approximate surface area is 114 Å². The molecule has 0 unspecified atom stereocenters. The lowest BCUT2D eigenvalue weighted by atomic mass is 10.1. The van der Waals surface area contributed by atoms with Crippen molar-refractivity contribution >= 4 is 5.69 Å². The smallest absolute Gasteiger partial charge is 0.272 e. The monoisotopic (exact) mass is 277 g/mol. The van der Waals surface area contributed by atoms with Gasteiger partial charge in [-0.2, -0.15) is 0 Å². The lowest BCUT2D eigenvalue weighted by Crippen LogP contribution is -1.93. The minimum atomic E-state index is -0.807. The van der Waals surface area contributed by atoms with Crippen LogP contribution in [0.15, 0.2) is 42.5 Å². The number of nitro benzene ring substituents is 1. The molecule has 2 aromatic carbocycles. The van der Waals surface area contributed by atoms with Crippen molar-refractivity contribution in [3.63, 3.8) is 0 Å². The summed E-state index contributed by atoms with van der Waals surface area (Å²) in [5.74, 6) is -0.527. The van der Waals surface area contributed by atoms with Crippen molar-refractivity contribution in [2.75, 3.05) is 0 Å². The van der Waals surface area contributed by atoms with Gasteiger partial charge in [-0.15, -0.1) is 0 Å². The molecule has 0 saturated heterocycles. The minimum Gasteiger partial charge on any atom is -0.454 e. The summed E-state index contributed by atoms with van der Waals surface area (Å²) in [6, 6.07) is 9.66. The number of hydrogen-bond donors (Lipinski definition) is 1. The highest BCUT2D eigenvalue weighted by molar-refractivity contribution is 5.40. The van der Waals surface area contributed by atoms with Crippen molar-refractivity contribution in [3.8, 4) is 11.5 Å². The van der Waals surface area contributed by atoms with Crippen LogP contribution in [0, 0.1) is 15.9 Å². The zero-order valence-corrected chi connectivity index (χ0v) is 10.6. The van der Waals surface area contributed by atoms with Crippen LogP contribution in [0.1, 0.15) is 18.6 Å². The Balaban J connectivity index is 2.19. The van der Waals surface area contributed by atoms with Crippen LogP contribution in [-0.2, 0) is 0 Å². The van der Waals surface area contributed by atoms with E-state index in [2.05, 4.69) is 0 Å². The van der Waals surface area contributed by atoms with E-state index in [0.29, 0.717) is 11.3 Å². The van der Waals surface area contributed by atoms with Gasteiger partial charge in [-0.25, -0.2) is 4.39 Å². The standard InChI is InChI=1S/C14H12FNO4/c1-9(17)10-2-5-12(6-3-10)20-14-7-4-11(16(18)19)8-13(14)15/h2-9,17H,1H3/t9-/m1/s1. The second-order valence-electron chi connectivity index (χ2n) is 4.22. The molecule has 0 aliphatic rings. The fourth-order valence-corrected chi connectivity index (χ4v) is 1.63. The second-order valence-corrected chi connectivity index (χ2v) is 4.22. The average molecular weight is 277 g/mol. The molecular weight excluding hydrogens is 265 g/mol. The maximum atomic E-state index is 13.6. The predicted octanol–water partition coefficient (Wildman–Crippen LogP) is 3.58. The third kappa shape index (κ3) is 3.10. The van der Waals surface area contributed by atoms with E-state index in [9.17, 15) is 19.6 Å². The van der Waals surface area contributed by atoms with Gasteiger partial charge in [-0.05, 0) is 30.7 Å². The summed E-state index contributed by atoms with van der Waals surface area (Å²) in [5, 5.41) is 19.9. The number of nitrogens with zero attached hydrogens (tertiary/aromatic N) is 1. The van der Waals surface area contributed by atoms with E-state index in [1.807, 2.05) is 0 Å². The number of aliphatic hydroxyl groups is 1. The fraction of sp³-hybridized carbons (Fsp3) is 0.143. The lowest BCUT2D eigenvalue weighted by molar-refractivity contribution is -0.385. The largest absolute Gasteiger partial charge is 0.454 e. The fourth-order valence-electron chi connectivity index (χ4n) is 1.63. The van der Waals surface area contributed by atoms with Gasteiger partial charge in [0.05, 0.1) is 17.1 Å². The van der Waals surface area contributed by atoms with Crippen molar-refractivity contribution in [2.45, 2.75) is 13.0 Å². The molecule has 20 heavy (non-hydrogen) atoms. The van der Waals surface area contributed by atoms with Gasteiger partial charge in [0.1, 0.15) is 5.75 Å². The number of nitro groups is 1. The van der Waals surface area contributed by atoms with Gasteiger partial charge >= 0.3 is 0 Å². The Bertz CT molecular complexity index is 626. The Morgan fingerprint density at radius 3 is 2.40 bits per heavy atom. The zero-order valence-electron chi connectivity index (χ0n) is 10.6. The van der Waals surface area contributed by atoms with Gasteiger partial charge in [0.2, 0.25) is 0 Å². The van der Waals surface area contributed by atoms with Gasteiger partial charge in [0.15, 0.2) is 11.6 Å². The van der Waals surface area contributed by atoms with Crippen molar-refractivity contribution in [1.82, 2.24) is 0 Å². The molecule has 0 aliphatic carbocycles. The molecular formula is C14H12FNO4. The molecule has 104 valence electrons. The Hall–Kier alpha value is -2.47. The van der Waals surface area contributed by atoms with Crippen LogP contribution in [0.4, 0.5) is 10.1 Å². The first kappa shape index (κ1) is 14.0. The number of ether oxygens (including phenoxy) is 1. The van der Waals surface area contributed by atoms with Crippen LogP contribution in [0.25, 0.3) is 0 Å². The molecule has 2 rings (SSSR count). The summed E-state index contributed by atoms with van der Waals surface area (Å²) in [5.41, 5.74) is 0.376. The van der Waals surface area contributed by atoms with E-state index in [-0.39, 0.29) is 11.4 Å². The maximum Gasteiger partial charge on any atom is 0.272 e. The average Bonchev–Trinajstić information content (AvgIpc) is 2.41. The van der Waals surface area contributed by atoms with Crippen LogP contribution < -0.4 is 4.74 Å². The van der Waals surface area contributed by atoms with Gasteiger partial charge in [-0.3, -0.25) is 10.1 Å². The Kier molecular flexibility index (Phi) is 3.95. The van der Waals surface area contributed by atoms with E-state index in [4.69, 9.17) is 4.74 Å². The van der Waals surface area contributed by atoms with E-state index >= 15 is 0 Å². The molecule has 2 aromatic rings. The maximum absolute atomic E-state index is 13.6. The quantitative estimate of drug-likeness (QED) is 0.684. The van der Waals surface area contributed by atoms with Crippen LogP contribution >= 0.6 is 0 Å². The third-order valence-electron chi connectivity index (χ3n) is 2.72. The summed E-state index contributed by atoms with van der Waals surface area (Å²) < 4.78 is 18.9. The first-order chi connectivity index (χ1) is 9.47. The summed E-state index contributed by atoms with van der Waals surface area (Å²) in [6.45, 7) is 1.63. The predicted molar refractivity (Wildman–Crippen MR) is 70.2 cm³/mol. The van der Waals surface area contributed by atoms with E-state index in [1.54, 1.807) is 31.2 Å². The summed E-state index contributed by atoms with van der Waals surface area (Å²) >= 11 is 0. The van der Waals surface area contributed by atoms with E-state index < -0.39 is 16.8 Å². The molecule has 0 spiro atoms. The molecule has 0 bridgehead atoms. The number of halogens is 1. The Morgan fingerprint density at radius 2 is 1.90 bits per heavy atom. The van der Waals surface area contributed by atoms with Crippen molar-refractivity contribution in [1.29, 1.82) is 0 Å². The molecule has 6 heteroatoms. The zero-order chi connectivity index (χ0) is 14.7. The van der Waals surface area contributed by atoms with Crippen LogP contribution in [0.3, 0.4) is 0 Å². The van der Waals surface area contributed by atoms with Gasteiger partial charge in [-0.1, -0.05) is 12.1 Å². The van der Waals surface area contributed by atoms with Crippen molar-refractivity contribution in [3.05, 3.63) is 64.0 Å². The van der Waals surface area contributed by atoms with Gasteiger partial charge in [0.25, 0.3) is 5.69 Å². The first-order valence-corrected chi connectivity index (χ1v) is 5.87. The topological polar surface area (TPSA) is 72.6 Å². The number of benzene rings is 2. The van der Waals surface area contributed by atoms with Crippen LogP contribution in [-0.4, -0.2) is 10.0 Å². The molecule has 0 heterocycles. The van der Waals surface area contributed by atoms with Gasteiger partial charge in [0, 0.05) is 6.07 Å². The van der Waals surface area contributed by atoms with Gasteiger partial charge < -0.3 is 9.84 Å². The second kappa shape index (κ2) is 5.66. The molecule has 1 atom stereocenters. The van der Waals surface area contributed by atoms with Crippen molar-refractivity contribution < 1.29 is 19.2 Å². The molecule has 0 fully saturated rings. The molecule has 0 aromatic heterocycles. The van der Waals surface area contributed by atoms with Crippen molar-refractivity contribution in [2.24, 2.45) is 0 Å². The highest BCUT2D eigenvalue weighted by atomic mass is 19.1. The highest BCUT2D eigenvalue weighted by Crippen LogP contribution is 2.28. The number of aliphatic hydroxyl groups excluding tert-OH is 1.